The number of hydrogen-bond acceptors (Lipinski definition) is 4. The number of methoxy groups -OCH3 is 1. The third-order valence-corrected chi connectivity index (χ3v) is 4.63. The van der Waals surface area contributed by atoms with Gasteiger partial charge in [-0.3, -0.25) is 4.79 Å². The summed E-state index contributed by atoms with van der Waals surface area (Å²) >= 11 is 3.53. The van der Waals surface area contributed by atoms with Gasteiger partial charge in [0.25, 0.3) is 0 Å². The Morgan fingerprint density at radius 1 is 1.28 bits per heavy atom. The number of aliphatic hydroxyl groups excluding tert-OH is 1. The second-order valence-electron chi connectivity index (χ2n) is 5.80. The minimum Gasteiger partial charge on any atom is -0.488 e. The van der Waals surface area contributed by atoms with E-state index >= 15 is 0 Å². The van der Waals surface area contributed by atoms with Crippen LogP contribution in [-0.4, -0.2) is 24.8 Å². The summed E-state index contributed by atoms with van der Waals surface area (Å²) < 4.78 is 11.7. The van der Waals surface area contributed by atoms with Crippen LogP contribution >= 0.6 is 15.9 Å². The predicted molar refractivity (Wildman–Crippen MR) is 99.4 cm³/mol. The lowest BCUT2D eigenvalue weighted by molar-refractivity contribution is -0.139. The van der Waals surface area contributed by atoms with Crippen molar-refractivity contribution in [3.63, 3.8) is 0 Å². The zero-order chi connectivity index (χ0) is 17.8. The maximum absolute atomic E-state index is 11.6. The Labute approximate surface area is 155 Å². The summed E-state index contributed by atoms with van der Waals surface area (Å²) in [6.45, 7) is 0.549. The van der Waals surface area contributed by atoms with Gasteiger partial charge < -0.3 is 14.6 Å². The van der Waals surface area contributed by atoms with Crippen molar-refractivity contribution in [3.05, 3.63) is 69.2 Å². The van der Waals surface area contributed by atoms with Gasteiger partial charge >= 0.3 is 5.97 Å². The minimum absolute atomic E-state index is 0.0743. The van der Waals surface area contributed by atoms with Crippen LogP contribution in [0.2, 0.25) is 0 Å². The van der Waals surface area contributed by atoms with Crippen LogP contribution in [0.15, 0.2) is 46.9 Å². The first-order chi connectivity index (χ1) is 12.1. The van der Waals surface area contributed by atoms with Crippen LogP contribution in [0, 0.1) is 0 Å². The summed E-state index contributed by atoms with van der Waals surface area (Å²) in [5.74, 6) is 0.489. The average Bonchev–Trinajstić information content (AvgIpc) is 2.76. The molecule has 2 aromatic carbocycles. The lowest BCUT2D eigenvalue weighted by Crippen LogP contribution is -2.05. The van der Waals surface area contributed by atoms with Crippen LogP contribution in [0.25, 0.3) is 5.57 Å². The molecular weight excluding hydrogens is 384 g/mol. The van der Waals surface area contributed by atoms with Gasteiger partial charge in [0.15, 0.2) is 0 Å². The van der Waals surface area contributed by atoms with Gasteiger partial charge in [0, 0.05) is 16.6 Å². The standard InChI is InChI=1S/C20H19BrO4/c1-24-20(23)10-13-4-7-19-18(9-13)16(3-2-8-22)17-11-15(21)6-5-14(17)12-25-19/h3-7,9,11,22H,2,8,10,12H2,1H3/b16-3+. The predicted octanol–water partition coefficient (Wildman–Crippen LogP) is 3.87. The molecule has 0 saturated heterocycles. The highest BCUT2D eigenvalue weighted by Gasteiger charge is 2.20. The van der Waals surface area contributed by atoms with Crippen LogP contribution < -0.4 is 4.74 Å². The van der Waals surface area contributed by atoms with E-state index < -0.39 is 0 Å². The molecule has 1 aliphatic rings. The number of rotatable bonds is 4. The zero-order valence-electron chi connectivity index (χ0n) is 13.9. The zero-order valence-corrected chi connectivity index (χ0v) is 15.5. The van der Waals surface area contributed by atoms with Gasteiger partial charge in [-0.05, 0) is 52.9 Å². The van der Waals surface area contributed by atoms with Crippen molar-refractivity contribution in [1.29, 1.82) is 0 Å². The molecule has 0 unspecified atom stereocenters. The number of halogens is 1. The van der Waals surface area contributed by atoms with E-state index in [2.05, 4.69) is 22.0 Å². The fraction of sp³-hybridized carbons (Fsp3) is 0.250. The SMILES string of the molecule is COC(=O)Cc1ccc2c(c1)/C(=C/CCO)c1cc(Br)ccc1CO2. The van der Waals surface area contributed by atoms with Crippen molar-refractivity contribution in [2.24, 2.45) is 0 Å². The number of aliphatic hydroxyl groups is 1. The summed E-state index contributed by atoms with van der Waals surface area (Å²) in [6.07, 6.45) is 2.77. The van der Waals surface area contributed by atoms with Gasteiger partial charge in [0.2, 0.25) is 0 Å². The van der Waals surface area contributed by atoms with E-state index in [1.54, 1.807) is 0 Å². The third-order valence-electron chi connectivity index (χ3n) is 4.13. The van der Waals surface area contributed by atoms with Crippen LogP contribution in [0.1, 0.15) is 28.7 Å². The molecule has 0 atom stereocenters. The minimum atomic E-state index is -0.279. The smallest absolute Gasteiger partial charge is 0.309 e. The van der Waals surface area contributed by atoms with E-state index in [0.29, 0.717) is 13.0 Å². The Hall–Kier alpha value is -2.11. The maximum atomic E-state index is 11.6. The van der Waals surface area contributed by atoms with E-state index in [4.69, 9.17) is 9.47 Å². The Bertz CT molecular complexity index is 826. The molecule has 0 radical (unpaired) electrons. The largest absolute Gasteiger partial charge is 0.488 e. The number of benzene rings is 2. The fourth-order valence-electron chi connectivity index (χ4n) is 2.92. The van der Waals surface area contributed by atoms with Gasteiger partial charge in [-0.1, -0.05) is 34.1 Å². The number of fused-ring (bicyclic) bond motifs is 2. The van der Waals surface area contributed by atoms with Crippen molar-refractivity contribution in [3.8, 4) is 5.75 Å². The molecule has 0 saturated carbocycles. The molecule has 0 fully saturated rings. The highest BCUT2D eigenvalue weighted by molar-refractivity contribution is 9.10. The van der Waals surface area contributed by atoms with Crippen molar-refractivity contribution >= 4 is 27.5 Å². The molecule has 4 nitrogen and oxygen atoms in total. The lowest BCUT2D eigenvalue weighted by atomic mass is 9.92. The van der Waals surface area contributed by atoms with Crippen LogP contribution in [0.3, 0.4) is 0 Å². The van der Waals surface area contributed by atoms with Gasteiger partial charge in [-0.25, -0.2) is 0 Å². The molecule has 5 heteroatoms. The Morgan fingerprint density at radius 3 is 2.88 bits per heavy atom. The average molecular weight is 403 g/mol. The van der Waals surface area contributed by atoms with Crippen molar-refractivity contribution in [2.45, 2.75) is 19.4 Å². The highest BCUT2D eigenvalue weighted by atomic mass is 79.9. The molecule has 0 aliphatic carbocycles. The summed E-state index contributed by atoms with van der Waals surface area (Å²) in [6, 6.07) is 11.8. The molecule has 1 aliphatic heterocycles. The fourth-order valence-corrected chi connectivity index (χ4v) is 3.28. The Balaban J connectivity index is 2.12. The van der Waals surface area contributed by atoms with E-state index in [-0.39, 0.29) is 19.0 Å². The molecule has 0 bridgehead atoms. The van der Waals surface area contributed by atoms with E-state index in [1.807, 2.05) is 36.4 Å². The molecule has 130 valence electrons. The van der Waals surface area contributed by atoms with E-state index in [1.165, 1.54) is 7.11 Å². The normalized spacial score (nSPS) is 14.3. The first kappa shape index (κ1) is 17.7. The van der Waals surface area contributed by atoms with Crippen LogP contribution in [0.5, 0.6) is 5.75 Å². The Kier molecular flexibility index (Phi) is 5.56. The molecule has 0 aromatic heterocycles. The van der Waals surface area contributed by atoms with Crippen LogP contribution in [0.4, 0.5) is 0 Å². The molecule has 25 heavy (non-hydrogen) atoms. The second kappa shape index (κ2) is 7.85. The van der Waals surface area contributed by atoms with Crippen molar-refractivity contribution in [2.75, 3.05) is 13.7 Å². The molecule has 2 aromatic rings. The molecule has 1 heterocycles. The number of carbonyl (C=O) groups excluding carboxylic acids is 1. The lowest BCUT2D eigenvalue weighted by Gasteiger charge is -2.12. The molecule has 3 rings (SSSR count). The number of carbonyl (C=O) groups is 1. The van der Waals surface area contributed by atoms with Gasteiger partial charge in [0.05, 0.1) is 13.5 Å². The van der Waals surface area contributed by atoms with Crippen molar-refractivity contribution in [1.82, 2.24) is 0 Å². The van der Waals surface area contributed by atoms with Gasteiger partial charge in [-0.15, -0.1) is 0 Å². The van der Waals surface area contributed by atoms with Gasteiger partial charge in [-0.2, -0.15) is 0 Å². The molecule has 0 spiro atoms. The summed E-state index contributed by atoms with van der Waals surface area (Å²) in [5.41, 5.74) is 4.94. The third kappa shape index (κ3) is 3.94. The first-order valence-corrected chi connectivity index (χ1v) is 8.84. The van der Waals surface area contributed by atoms with Gasteiger partial charge in [0.1, 0.15) is 12.4 Å². The Morgan fingerprint density at radius 2 is 2.12 bits per heavy atom. The molecule has 1 N–H and O–H groups in total. The number of esters is 1. The number of hydrogen-bond donors (Lipinski definition) is 1. The molecular formula is C20H19BrO4. The second-order valence-corrected chi connectivity index (χ2v) is 6.72. The summed E-state index contributed by atoms with van der Waals surface area (Å²) in [5, 5.41) is 9.28. The van der Waals surface area contributed by atoms with E-state index in [0.717, 1.165) is 38.0 Å². The van der Waals surface area contributed by atoms with Crippen molar-refractivity contribution < 1.29 is 19.4 Å². The summed E-state index contributed by atoms with van der Waals surface area (Å²) in [4.78, 5) is 11.6. The van der Waals surface area contributed by atoms with Crippen LogP contribution in [-0.2, 0) is 22.6 Å². The molecule has 0 amide bonds. The highest BCUT2D eigenvalue weighted by Crippen LogP contribution is 2.38. The number of ether oxygens (including phenoxy) is 2. The summed E-state index contributed by atoms with van der Waals surface area (Å²) in [7, 11) is 1.38. The maximum Gasteiger partial charge on any atom is 0.309 e. The monoisotopic (exact) mass is 402 g/mol. The topological polar surface area (TPSA) is 55.8 Å². The first-order valence-electron chi connectivity index (χ1n) is 8.05. The quantitative estimate of drug-likeness (QED) is 0.788. The van der Waals surface area contributed by atoms with E-state index in [9.17, 15) is 9.90 Å².